The molecule has 2 rings (SSSR count). The van der Waals surface area contributed by atoms with Crippen LogP contribution in [-0.2, 0) is 17.8 Å². The predicted molar refractivity (Wildman–Crippen MR) is 70.7 cm³/mol. The van der Waals surface area contributed by atoms with Gasteiger partial charge in [0.25, 0.3) is 0 Å². The van der Waals surface area contributed by atoms with Crippen molar-refractivity contribution < 1.29 is 9.53 Å². The molecule has 0 saturated carbocycles. The monoisotopic (exact) mass is 248 g/mol. The van der Waals surface area contributed by atoms with Crippen molar-refractivity contribution in [1.82, 2.24) is 10.2 Å². The van der Waals surface area contributed by atoms with Gasteiger partial charge in [0.15, 0.2) is 0 Å². The van der Waals surface area contributed by atoms with Gasteiger partial charge in [-0.15, -0.1) is 0 Å². The predicted octanol–water partition coefficient (Wildman–Crippen LogP) is 1.19. The molecule has 1 N–H and O–H groups in total. The summed E-state index contributed by atoms with van der Waals surface area (Å²) < 4.78 is 5.31. The highest BCUT2D eigenvalue weighted by Gasteiger charge is 2.17. The number of hydrogen-bond donors (Lipinski definition) is 1. The summed E-state index contributed by atoms with van der Waals surface area (Å²) in [5.41, 5.74) is 2.36. The van der Waals surface area contributed by atoms with E-state index in [-0.39, 0.29) is 5.91 Å². The van der Waals surface area contributed by atoms with Crippen LogP contribution in [0.4, 0.5) is 0 Å². The standard InChI is InChI=1S/C14H20N2O2/c1-3-12-8-11(4-5-13(12)18-2)10-16-7-6-15-9-14(16)17/h4-5,8,15H,3,6-7,9-10H2,1-2H3. The number of benzene rings is 1. The number of carbonyl (C=O) groups is 1. The maximum Gasteiger partial charge on any atom is 0.236 e. The molecule has 0 atom stereocenters. The molecule has 0 spiro atoms. The molecule has 1 aromatic rings. The van der Waals surface area contributed by atoms with Crippen LogP contribution in [0.15, 0.2) is 18.2 Å². The third-order valence-electron chi connectivity index (χ3n) is 3.29. The molecule has 1 heterocycles. The smallest absolute Gasteiger partial charge is 0.236 e. The van der Waals surface area contributed by atoms with Crippen molar-refractivity contribution in [2.24, 2.45) is 0 Å². The van der Waals surface area contributed by atoms with Gasteiger partial charge in [-0.3, -0.25) is 4.79 Å². The number of nitrogens with one attached hydrogen (secondary N) is 1. The molecule has 1 saturated heterocycles. The Labute approximate surface area is 108 Å². The molecular formula is C14H20N2O2. The molecule has 0 aromatic heterocycles. The summed E-state index contributed by atoms with van der Waals surface area (Å²) in [7, 11) is 1.69. The molecular weight excluding hydrogens is 228 g/mol. The summed E-state index contributed by atoms with van der Waals surface area (Å²) in [5.74, 6) is 1.10. The molecule has 1 aromatic carbocycles. The average molecular weight is 248 g/mol. The van der Waals surface area contributed by atoms with Gasteiger partial charge in [-0.05, 0) is 23.6 Å². The van der Waals surface area contributed by atoms with Crippen molar-refractivity contribution in [2.45, 2.75) is 19.9 Å². The molecule has 0 bridgehead atoms. The number of amides is 1. The van der Waals surface area contributed by atoms with E-state index in [4.69, 9.17) is 4.74 Å². The van der Waals surface area contributed by atoms with Crippen LogP contribution in [0, 0.1) is 0 Å². The molecule has 4 nitrogen and oxygen atoms in total. The van der Waals surface area contributed by atoms with E-state index in [0.29, 0.717) is 13.1 Å². The number of methoxy groups -OCH3 is 1. The quantitative estimate of drug-likeness (QED) is 0.870. The van der Waals surface area contributed by atoms with E-state index in [0.717, 1.165) is 25.3 Å². The highest BCUT2D eigenvalue weighted by Crippen LogP contribution is 2.21. The van der Waals surface area contributed by atoms with Crippen LogP contribution in [0.1, 0.15) is 18.1 Å². The number of ether oxygens (including phenoxy) is 1. The number of nitrogens with zero attached hydrogens (tertiary/aromatic N) is 1. The average Bonchev–Trinajstić information content (AvgIpc) is 2.41. The summed E-state index contributed by atoms with van der Waals surface area (Å²) in [5, 5.41) is 3.08. The number of rotatable bonds is 4. The first-order chi connectivity index (χ1) is 8.74. The molecule has 1 aliphatic heterocycles. The van der Waals surface area contributed by atoms with Crippen molar-refractivity contribution in [3.63, 3.8) is 0 Å². The van der Waals surface area contributed by atoms with E-state index in [2.05, 4.69) is 18.3 Å². The lowest BCUT2D eigenvalue weighted by Gasteiger charge is -2.27. The van der Waals surface area contributed by atoms with Gasteiger partial charge in [0, 0.05) is 19.6 Å². The first-order valence-corrected chi connectivity index (χ1v) is 6.39. The van der Waals surface area contributed by atoms with Crippen molar-refractivity contribution in [2.75, 3.05) is 26.7 Å². The maximum absolute atomic E-state index is 11.7. The van der Waals surface area contributed by atoms with Crippen molar-refractivity contribution in [3.8, 4) is 5.75 Å². The summed E-state index contributed by atoms with van der Waals surface area (Å²) in [6.07, 6.45) is 0.937. The van der Waals surface area contributed by atoms with E-state index < -0.39 is 0 Å². The number of aryl methyl sites for hydroxylation is 1. The van der Waals surface area contributed by atoms with Crippen molar-refractivity contribution in [1.29, 1.82) is 0 Å². The van der Waals surface area contributed by atoms with Crippen LogP contribution >= 0.6 is 0 Å². The lowest BCUT2D eigenvalue weighted by molar-refractivity contribution is -0.132. The van der Waals surface area contributed by atoms with Crippen LogP contribution in [0.2, 0.25) is 0 Å². The van der Waals surface area contributed by atoms with E-state index in [9.17, 15) is 4.79 Å². The number of piperazine rings is 1. The van der Waals surface area contributed by atoms with Gasteiger partial charge in [-0.25, -0.2) is 0 Å². The van der Waals surface area contributed by atoms with Crippen LogP contribution in [0.3, 0.4) is 0 Å². The molecule has 1 aliphatic rings. The highest BCUT2D eigenvalue weighted by molar-refractivity contribution is 5.79. The van der Waals surface area contributed by atoms with Gasteiger partial charge in [0.1, 0.15) is 5.75 Å². The van der Waals surface area contributed by atoms with E-state index in [1.54, 1.807) is 7.11 Å². The molecule has 0 aliphatic carbocycles. The Bertz CT molecular complexity index is 432. The summed E-state index contributed by atoms with van der Waals surface area (Å²) in [6.45, 7) is 4.92. The zero-order chi connectivity index (χ0) is 13.0. The first-order valence-electron chi connectivity index (χ1n) is 6.39. The topological polar surface area (TPSA) is 41.6 Å². The fraction of sp³-hybridized carbons (Fsp3) is 0.500. The first kappa shape index (κ1) is 12.9. The van der Waals surface area contributed by atoms with Gasteiger partial charge in [0.2, 0.25) is 5.91 Å². The van der Waals surface area contributed by atoms with Crippen LogP contribution in [0.25, 0.3) is 0 Å². The Morgan fingerprint density at radius 2 is 2.28 bits per heavy atom. The fourth-order valence-electron chi connectivity index (χ4n) is 2.24. The van der Waals surface area contributed by atoms with Gasteiger partial charge in [-0.1, -0.05) is 19.1 Å². The Hall–Kier alpha value is -1.55. The Balaban J connectivity index is 2.11. The zero-order valence-corrected chi connectivity index (χ0v) is 11.0. The molecule has 0 radical (unpaired) electrons. The third kappa shape index (κ3) is 2.82. The Kier molecular flexibility index (Phi) is 4.20. The third-order valence-corrected chi connectivity index (χ3v) is 3.29. The normalized spacial score (nSPS) is 15.9. The number of hydrogen-bond acceptors (Lipinski definition) is 3. The fourth-order valence-corrected chi connectivity index (χ4v) is 2.24. The minimum atomic E-state index is 0.176. The SMILES string of the molecule is CCc1cc(CN2CCNCC2=O)ccc1OC. The van der Waals surface area contributed by atoms with Crippen LogP contribution < -0.4 is 10.1 Å². The summed E-state index contributed by atoms with van der Waals surface area (Å²) >= 11 is 0. The second-order valence-electron chi connectivity index (χ2n) is 4.49. The Morgan fingerprint density at radius 1 is 1.44 bits per heavy atom. The van der Waals surface area contributed by atoms with Crippen LogP contribution in [0.5, 0.6) is 5.75 Å². The lowest BCUT2D eigenvalue weighted by atomic mass is 10.1. The summed E-state index contributed by atoms with van der Waals surface area (Å²) in [4.78, 5) is 13.6. The second-order valence-corrected chi connectivity index (χ2v) is 4.49. The van der Waals surface area contributed by atoms with Crippen molar-refractivity contribution >= 4 is 5.91 Å². The molecule has 1 fully saturated rings. The van der Waals surface area contributed by atoms with E-state index in [1.165, 1.54) is 11.1 Å². The minimum absolute atomic E-state index is 0.176. The zero-order valence-electron chi connectivity index (χ0n) is 11.0. The van der Waals surface area contributed by atoms with Crippen LogP contribution in [-0.4, -0.2) is 37.6 Å². The molecule has 4 heteroatoms. The largest absolute Gasteiger partial charge is 0.496 e. The van der Waals surface area contributed by atoms with Gasteiger partial charge in [-0.2, -0.15) is 0 Å². The summed E-state index contributed by atoms with van der Waals surface area (Å²) in [6, 6.07) is 6.16. The van der Waals surface area contributed by atoms with E-state index >= 15 is 0 Å². The Morgan fingerprint density at radius 3 is 2.94 bits per heavy atom. The van der Waals surface area contributed by atoms with E-state index in [1.807, 2.05) is 17.0 Å². The molecule has 1 amide bonds. The van der Waals surface area contributed by atoms with Gasteiger partial charge < -0.3 is 15.0 Å². The van der Waals surface area contributed by atoms with Crippen molar-refractivity contribution in [3.05, 3.63) is 29.3 Å². The molecule has 98 valence electrons. The molecule has 0 unspecified atom stereocenters. The maximum atomic E-state index is 11.7. The van der Waals surface area contributed by atoms with Gasteiger partial charge >= 0.3 is 0 Å². The van der Waals surface area contributed by atoms with Gasteiger partial charge in [0.05, 0.1) is 13.7 Å². The minimum Gasteiger partial charge on any atom is -0.496 e. The number of carbonyl (C=O) groups excluding carboxylic acids is 1. The molecule has 18 heavy (non-hydrogen) atoms. The highest BCUT2D eigenvalue weighted by atomic mass is 16.5. The second kappa shape index (κ2) is 5.87. The lowest BCUT2D eigenvalue weighted by Crippen LogP contribution is -2.47.